The Kier molecular flexibility index (Phi) is 9.00. The molecular weight excluding hydrogens is 288 g/mol. The highest BCUT2D eigenvalue weighted by Crippen LogP contribution is 1.97. The van der Waals surface area contributed by atoms with E-state index in [2.05, 4.69) is 12.1 Å². The Morgan fingerprint density at radius 1 is 0.650 bits per heavy atom. The quantitative estimate of drug-likeness (QED) is 0.609. The maximum absolute atomic E-state index is 5.80. The minimum atomic E-state index is -1.47. The van der Waals surface area contributed by atoms with E-state index in [9.17, 15) is 0 Å². The average molecular weight is 313 g/mol. The molecule has 0 unspecified atom stereocenters. The molecule has 2 radical (unpaired) electrons. The molecule has 0 fully saturated rings. The zero-order chi connectivity index (χ0) is 14.8. The minimum absolute atomic E-state index is 0.647. The fourth-order valence-electron chi connectivity index (χ4n) is 1.76. The molecule has 6 heteroatoms. The average Bonchev–Trinajstić information content (AvgIpc) is 2.47. The lowest BCUT2D eigenvalue weighted by Crippen LogP contribution is -2.53. The third-order valence-electron chi connectivity index (χ3n) is 2.47. The van der Waals surface area contributed by atoms with E-state index in [4.69, 9.17) is 17.7 Å². The number of hydrogen-bond donors (Lipinski definition) is 0. The van der Waals surface area contributed by atoms with Gasteiger partial charge in [0.1, 0.15) is 0 Å². The van der Waals surface area contributed by atoms with Crippen LogP contribution < -0.4 is 10.4 Å². The van der Waals surface area contributed by atoms with E-state index in [1.54, 1.807) is 0 Å². The van der Waals surface area contributed by atoms with Crippen LogP contribution in [0.4, 0.5) is 0 Å². The van der Waals surface area contributed by atoms with Crippen LogP contribution >= 0.6 is 0 Å². The Labute approximate surface area is 125 Å². The third kappa shape index (κ3) is 5.12. The molecule has 0 aliphatic rings. The van der Waals surface area contributed by atoms with Crippen molar-refractivity contribution in [3.8, 4) is 0 Å². The topological polar surface area (TPSA) is 36.9 Å². The molecule has 0 saturated carbocycles. The van der Waals surface area contributed by atoms with E-state index in [-0.39, 0.29) is 0 Å². The van der Waals surface area contributed by atoms with Crippen LogP contribution in [0, 0.1) is 0 Å². The van der Waals surface area contributed by atoms with Gasteiger partial charge in [0.05, 0.1) is 0 Å². The van der Waals surface area contributed by atoms with Gasteiger partial charge >= 0.3 is 18.6 Å². The smallest absolute Gasteiger partial charge is 0.390 e. The summed E-state index contributed by atoms with van der Waals surface area (Å²) in [5.74, 6) is 0. The third-order valence-corrected chi connectivity index (χ3v) is 6.67. The van der Waals surface area contributed by atoms with Gasteiger partial charge in [0.2, 0.25) is 0 Å². The largest absolute Gasteiger partial charge is 0.423 e. The van der Waals surface area contributed by atoms with Crippen molar-refractivity contribution >= 4 is 28.9 Å². The molecule has 0 aliphatic heterocycles. The first-order chi connectivity index (χ1) is 9.78. The minimum Gasteiger partial charge on any atom is -0.390 e. The highest BCUT2D eigenvalue weighted by atomic mass is 28.3. The number of hydrogen-bond acceptors (Lipinski definition) is 4. The van der Waals surface area contributed by atoms with E-state index in [0.29, 0.717) is 26.4 Å². The molecule has 0 N–H and O–H groups in total. The zero-order valence-electron chi connectivity index (χ0n) is 12.8. The van der Waals surface area contributed by atoms with Crippen molar-refractivity contribution in [1.82, 2.24) is 0 Å². The molecule has 0 aromatic heterocycles. The molecule has 0 saturated heterocycles. The number of benzene rings is 1. The molecule has 0 heterocycles. The van der Waals surface area contributed by atoms with Crippen molar-refractivity contribution in [3.05, 3.63) is 24.3 Å². The highest BCUT2D eigenvalue weighted by Gasteiger charge is 2.28. The lowest BCUT2D eigenvalue weighted by atomic mass is 10.4. The Bertz CT molecular complexity index is 329. The van der Waals surface area contributed by atoms with Crippen molar-refractivity contribution in [1.29, 1.82) is 0 Å². The van der Waals surface area contributed by atoms with Crippen LogP contribution in [0.15, 0.2) is 24.3 Å². The predicted molar refractivity (Wildman–Crippen MR) is 83.7 cm³/mol. The van der Waals surface area contributed by atoms with Gasteiger partial charge in [-0.05, 0) is 38.1 Å². The summed E-state index contributed by atoms with van der Waals surface area (Å²) in [4.78, 5) is 0. The second-order valence-corrected chi connectivity index (χ2v) is 7.23. The van der Waals surface area contributed by atoms with Gasteiger partial charge in [-0.25, -0.2) is 0 Å². The van der Waals surface area contributed by atoms with Crippen LogP contribution in [-0.4, -0.2) is 45.0 Å². The maximum atomic E-state index is 5.80. The first-order valence-corrected chi connectivity index (χ1v) is 9.76. The fourth-order valence-corrected chi connectivity index (χ4v) is 5.28. The normalized spacial score (nSPS) is 11.5. The molecule has 0 atom stereocenters. The summed E-state index contributed by atoms with van der Waals surface area (Å²) in [6, 6.07) is 8.16. The molecule has 0 amide bonds. The van der Waals surface area contributed by atoms with Crippen LogP contribution in [0.25, 0.3) is 0 Å². The maximum Gasteiger partial charge on any atom is 0.423 e. The Morgan fingerprint density at radius 3 is 1.20 bits per heavy atom. The molecule has 1 rings (SSSR count). The van der Waals surface area contributed by atoms with Gasteiger partial charge in [0, 0.05) is 26.4 Å². The molecule has 1 aromatic carbocycles. The van der Waals surface area contributed by atoms with E-state index in [1.165, 1.54) is 0 Å². The molecular formula is C14H24O4Si2. The molecule has 0 bridgehead atoms. The fraction of sp³-hybridized carbons (Fsp3) is 0.571. The summed E-state index contributed by atoms with van der Waals surface area (Å²) >= 11 is 0. The predicted octanol–water partition coefficient (Wildman–Crippen LogP) is 1.22. The van der Waals surface area contributed by atoms with Crippen molar-refractivity contribution in [2.75, 3.05) is 26.4 Å². The summed E-state index contributed by atoms with van der Waals surface area (Å²) in [6.45, 7) is 10.5. The van der Waals surface area contributed by atoms with Crippen LogP contribution in [0.5, 0.6) is 0 Å². The number of rotatable bonds is 10. The van der Waals surface area contributed by atoms with Crippen molar-refractivity contribution in [3.63, 3.8) is 0 Å². The van der Waals surface area contributed by atoms with Gasteiger partial charge < -0.3 is 17.7 Å². The summed E-state index contributed by atoms with van der Waals surface area (Å²) in [5.41, 5.74) is 0. The Balaban J connectivity index is 3.04. The highest BCUT2D eigenvalue weighted by molar-refractivity contribution is 6.73. The molecule has 20 heavy (non-hydrogen) atoms. The molecule has 112 valence electrons. The monoisotopic (exact) mass is 312 g/mol. The first kappa shape index (κ1) is 17.5. The van der Waals surface area contributed by atoms with Crippen LogP contribution in [0.2, 0.25) is 0 Å². The van der Waals surface area contributed by atoms with E-state index in [1.807, 2.05) is 39.8 Å². The van der Waals surface area contributed by atoms with Gasteiger partial charge in [0.15, 0.2) is 0 Å². The molecule has 0 aliphatic carbocycles. The molecule has 1 aromatic rings. The second kappa shape index (κ2) is 10.3. The van der Waals surface area contributed by atoms with Crippen molar-refractivity contribution < 1.29 is 17.7 Å². The van der Waals surface area contributed by atoms with Crippen LogP contribution in [0.3, 0.4) is 0 Å². The van der Waals surface area contributed by atoms with Gasteiger partial charge in [-0.1, -0.05) is 24.3 Å². The summed E-state index contributed by atoms with van der Waals surface area (Å²) in [6.07, 6.45) is 0. The second-order valence-electron chi connectivity index (χ2n) is 3.85. The Hall–Kier alpha value is -0.506. The van der Waals surface area contributed by atoms with E-state index in [0.717, 1.165) is 10.4 Å². The van der Waals surface area contributed by atoms with Crippen LogP contribution in [-0.2, 0) is 17.7 Å². The van der Waals surface area contributed by atoms with Crippen LogP contribution in [0.1, 0.15) is 27.7 Å². The summed E-state index contributed by atoms with van der Waals surface area (Å²) in [7, 11) is -2.94. The lowest BCUT2D eigenvalue weighted by molar-refractivity contribution is 0.221. The SMILES string of the molecule is CCO[Si](OCC)c1ccccc1[Si](OCC)OCC. The van der Waals surface area contributed by atoms with Gasteiger partial charge in [-0.3, -0.25) is 0 Å². The van der Waals surface area contributed by atoms with Gasteiger partial charge in [-0.2, -0.15) is 0 Å². The Morgan fingerprint density at radius 2 is 0.950 bits per heavy atom. The van der Waals surface area contributed by atoms with Crippen molar-refractivity contribution in [2.24, 2.45) is 0 Å². The summed E-state index contributed by atoms with van der Waals surface area (Å²) < 4.78 is 23.2. The van der Waals surface area contributed by atoms with E-state index >= 15 is 0 Å². The first-order valence-electron chi connectivity index (χ1n) is 7.13. The van der Waals surface area contributed by atoms with Gasteiger partial charge in [-0.15, -0.1) is 0 Å². The lowest BCUT2D eigenvalue weighted by Gasteiger charge is -2.20. The molecule has 4 nitrogen and oxygen atoms in total. The molecule has 0 spiro atoms. The van der Waals surface area contributed by atoms with Gasteiger partial charge in [0.25, 0.3) is 0 Å². The standard InChI is InChI=1S/C14H24O4Si2/c1-5-15-19(16-6-2)13-11-9-10-12-14(13)20(17-7-3)18-8-4/h9-12H,5-8H2,1-4H3. The zero-order valence-corrected chi connectivity index (χ0v) is 14.8. The van der Waals surface area contributed by atoms with E-state index < -0.39 is 18.6 Å². The summed E-state index contributed by atoms with van der Waals surface area (Å²) in [5, 5.41) is 2.22. The van der Waals surface area contributed by atoms with Crippen molar-refractivity contribution in [2.45, 2.75) is 27.7 Å².